The molecule has 0 aromatic carbocycles. The van der Waals surface area contributed by atoms with Gasteiger partial charge in [-0.3, -0.25) is 4.79 Å². The fourth-order valence-corrected chi connectivity index (χ4v) is 3.21. The lowest BCUT2D eigenvalue weighted by molar-refractivity contribution is 0.0937. The zero-order valence-electron chi connectivity index (χ0n) is 12.6. The molecule has 5 nitrogen and oxygen atoms in total. The van der Waals surface area contributed by atoms with Crippen LogP contribution in [0.15, 0.2) is 12.4 Å². The van der Waals surface area contributed by atoms with E-state index in [4.69, 9.17) is 0 Å². The van der Waals surface area contributed by atoms with Gasteiger partial charge in [0.2, 0.25) is 5.95 Å². The maximum absolute atomic E-state index is 12.1. The number of carbonyl (C=O) groups is 1. The Morgan fingerprint density at radius 1 is 1.00 bits per heavy atom. The molecule has 114 valence electrons. The quantitative estimate of drug-likeness (QED) is 0.928. The number of nitrogens with one attached hydrogen (secondary N) is 1. The van der Waals surface area contributed by atoms with E-state index in [2.05, 4.69) is 20.2 Å². The largest absolute Gasteiger partial charge is 0.349 e. The van der Waals surface area contributed by atoms with Crippen LogP contribution < -0.4 is 10.2 Å². The van der Waals surface area contributed by atoms with Gasteiger partial charge in [0.15, 0.2) is 0 Å². The number of nitrogens with zero attached hydrogens (tertiary/aromatic N) is 3. The van der Waals surface area contributed by atoms with Crippen LogP contribution in [0.2, 0.25) is 0 Å². The van der Waals surface area contributed by atoms with Crippen LogP contribution >= 0.6 is 0 Å². The standard InChI is InChI=1S/C16H24N4O/c21-15(19-14-7-3-4-8-14)13-11-17-16(18-12-13)20-9-5-1-2-6-10-20/h11-12,14H,1-10H2,(H,19,21). The molecule has 1 amide bonds. The highest BCUT2D eigenvalue weighted by atomic mass is 16.1. The lowest BCUT2D eigenvalue weighted by Gasteiger charge is -2.20. The molecule has 1 aliphatic heterocycles. The number of aromatic nitrogens is 2. The maximum Gasteiger partial charge on any atom is 0.254 e. The van der Waals surface area contributed by atoms with Crippen LogP contribution in [0.25, 0.3) is 0 Å². The Labute approximate surface area is 126 Å². The number of hydrogen-bond acceptors (Lipinski definition) is 4. The topological polar surface area (TPSA) is 58.1 Å². The van der Waals surface area contributed by atoms with Gasteiger partial charge >= 0.3 is 0 Å². The van der Waals surface area contributed by atoms with Gasteiger partial charge < -0.3 is 10.2 Å². The molecular formula is C16H24N4O. The second-order valence-electron chi connectivity index (χ2n) is 6.13. The number of amides is 1. The Morgan fingerprint density at radius 2 is 1.62 bits per heavy atom. The summed E-state index contributed by atoms with van der Waals surface area (Å²) in [6.45, 7) is 2.04. The summed E-state index contributed by atoms with van der Waals surface area (Å²) in [4.78, 5) is 23.2. The first-order chi connectivity index (χ1) is 10.3. The maximum atomic E-state index is 12.1. The second-order valence-corrected chi connectivity index (χ2v) is 6.13. The van der Waals surface area contributed by atoms with Gasteiger partial charge in [-0.15, -0.1) is 0 Å². The zero-order valence-corrected chi connectivity index (χ0v) is 12.6. The molecule has 0 atom stereocenters. The average Bonchev–Trinajstić information content (AvgIpc) is 2.87. The number of rotatable bonds is 3. The van der Waals surface area contributed by atoms with E-state index in [0.717, 1.165) is 31.9 Å². The smallest absolute Gasteiger partial charge is 0.254 e. The molecule has 0 spiro atoms. The highest BCUT2D eigenvalue weighted by molar-refractivity contribution is 5.93. The first kappa shape index (κ1) is 14.3. The molecular weight excluding hydrogens is 264 g/mol. The van der Waals surface area contributed by atoms with Crippen molar-refractivity contribution in [2.45, 2.75) is 57.4 Å². The molecule has 5 heteroatoms. The van der Waals surface area contributed by atoms with E-state index in [1.807, 2.05) is 0 Å². The molecule has 2 fully saturated rings. The Kier molecular flexibility index (Phi) is 4.68. The molecule has 1 aromatic rings. The molecule has 1 aliphatic carbocycles. The third-order valence-electron chi connectivity index (χ3n) is 4.48. The van der Waals surface area contributed by atoms with E-state index in [-0.39, 0.29) is 5.91 Å². The number of carbonyl (C=O) groups excluding carboxylic acids is 1. The van der Waals surface area contributed by atoms with E-state index in [9.17, 15) is 4.79 Å². The summed E-state index contributed by atoms with van der Waals surface area (Å²) in [6, 6.07) is 0.336. The van der Waals surface area contributed by atoms with E-state index in [1.165, 1.54) is 38.5 Å². The predicted octanol–water partition coefficient (Wildman–Crippen LogP) is 2.53. The Hall–Kier alpha value is -1.65. The van der Waals surface area contributed by atoms with Gasteiger partial charge in [-0.2, -0.15) is 0 Å². The van der Waals surface area contributed by atoms with Crippen LogP contribution in [0.3, 0.4) is 0 Å². The summed E-state index contributed by atoms with van der Waals surface area (Å²) in [7, 11) is 0. The third-order valence-corrected chi connectivity index (χ3v) is 4.48. The van der Waals surface area contributed by atoms with Crippen molar-refractivity contribution in [3.05, 3.63) is 18.0 Å². The SMILES string of the molecule is O=C(NC1CCCC1)c1cnc(N2CCCCCC2)nc1. The minimum Gasteiger partial charge on any atom is -0.349 e. The average molecular weight is 288 g/mol. The van der Waals surface area contributed by atoms with Crippen LogP contribution in [0, 0.1) is 0 Å². The summed E-state index contributed by atoms with van der Waals surface area (Å²) >= 11 is 0. The number of hydrogen-bond donors (Lipinski definition) is 1. The minimum absolute atomic E-state index is 0.0377. The predicted molar refractivity (Wildman–Crippen MR) is 82.4 cm³/mol. The fourth-order valence-electron chi connectivity index (χ4n) is 3.21. The van der Waals surface area contributed by atoms with Crippen molar-refractivity contribution in [2.75, 3.05) is 18.0 Å². The summed E-state index contributed by atoms with van der Waals surface area (Å²) in [5, 5.41) is 3.07. The molecule has 0 radical (unpaired) electrons. The molecule has 3 rings (SSSR count). The summed E-state index contributed by atoms with van der Waals surface area (Å²) in [5.41, 5.74) is 0.570. The molecule has 1 N–H and O–H groups in total. The highest BCUT2D eigenvalue weighted by Gasteiger charge is 2.19. The first-order valence-corrected chi connectivity index (χ1v) is 8.21. The summed E-state index contributed by atoms with van der Waals surface area (Å²) < 4.78 is 0. The number of anilines is 1. The van der Waals surface area contributed by atoms with Crippen LogP contribution in [0.1, 0.15) is 61.7 Å². The van der Waals surface area contributed by atoms with Gasteiger partial charge in [-0.25, -0.2) is 9.97 Å². The molecule has 1 aromatic heterocycles. The Bertz CT molecular complexity index is 460. The van der Waals surface area contributed by atoms with Crippen LogP contribution in [0.4, 0.5) is 5.95 Å². The summed E-state index contributed by atoms with van der Waals surface area (Å²) in [6.07, 6.45) is 12.9. The van der Waals surface area contributed by atoms with Gasteiger partial charge in [0.25, 0.3) is 5.91 Å². The van der Waals surface area contributed by atoms with Crippen molar-refractivity contribution < 1.29 is 4.79 Å². The van der Waals surface area contributed by atoms with Gasteiger partial charge in [-0.05, 0) is 25.7 Å². The van der Waals surface area contributed by atoms with Crippen molar-refractivity contribution in [3.8, 4) is 0 Å². The van der Waals surface area contributed by atoms with Crippen LogP contribution in [-0.4, -0.2) is 35.0 Å². The van der Waals surface area contributed by atoms with E-state index >= 15 is 0 Å². The zero-order chi connectivity index (χ0) is 14.5. The lowest BCUT2D eigenvalue weighted by atomic mass is 10.2. The van der Waals surface area contributed by atoms with E-state index in [1.54, 1.807) is 12.4 Å². The third kappa shape index (κ3) is 3.71. The minimum atomic E-state index is -0.0377. The van der Waals surface area contributed by atoms with Crippen molar-refractivity contribution >= 4 is 11.9 Å². The molecule has 0 unspecified atom stereocenters. The van der Waals surface area contributed by atoms with Crippen molar-refractivity contribution in [1.82, 2.24) is 15.3 Å². The van der Waals surface area contributed by atoms with Gasteiger partial charge in [0.05, 0.1) is 5.56 Å². The molecule has 2 heterocycles. The van der Waals surface area contributed by atoms with E-state index in [0.29, 0.717) is 11.6 Å². The van der Waals surface area contributed by atoms with Gasteiger partial charge in [0, 0.05) is 31.5 Å². The van der Waals surface area contributed by atoms with Crippen LogP contribution in [0.5, 0.6) is 0 Å². The highest BCUT2D eigenvalue weighted by Crippen LogP contribution is 2.18. The molecule has 2 aliphatic rings. The molecule has 0 bridgehead atoms. The monoisotopic (exact) mass is 288 g/mol. The molecule has 1 saturated carbocycles. The van der Waals surface area contributed by atoms with Crippen molar-refractivity contribution in [3.63, 3.8) is 0 Å². The molecule has 21 heavy (non-hydrogen) atoms. The summed E-state index contributed by atoms with van der Waals surface area (Å²) in [5.74, 6) is 0.721. The van der Waals surface area contributed by atoms with E-state index < -0.39 is 0 Å². The van der Waals surface area contributed by atoms with Gasteiger partial charge in [-0.1, -0.05) is 25.7 Å². The first-order valence-electron chi connectivity index (χ1n) is 8.21. The van der Waals surface area contributed by atoms with Crippen LogP contribution in [-0.2, 0) is 0 Å². The van der Waals surface area contributed by atoms with Crippen molar-refractivity contribution in [1.29, 1.82) is 0 Å². The van der Waals surface area contributed by atoms with Gasteiger partial charge in [0.1, 0.15) is 0 Å². The van der Waals surface area contributed by atoms with Crippen molar-refractivity contribution in [2.24, 2.45) is 0 Å². The fraction of sp³-hybridized carbons (Fsp3) is 0.688. The normalized spacial score (nSPS) is 20.3. The molecule has 1 saturated heterocycles. The Morgan fingerprint density at radius 3 is 2.24 bits per heavy atom. The Balaban J connectivity index is 1.61. The second kappa shape index (κ2) is 6.87. The lowest BCUT2D eigenvalue weighted by Crippen LogP contribution is -2.33.